The Bertz CT molecular complexity index is 572. The zero-order chi connectivity index (χ0) is 14.4. The SMILES string of the molecule is N=C1N=C2C(=NC(=O)N2[C@H]2C[C@H](O)[C@@H](CO)O2)C(=O)N1.O. The lowest BCUT2D eigenvalue weighted by Crippen LogP contribution is -2.50. The van der Waals surface area contributed by atoms with Crippen molar-refractivity contribution < 1.29 is 30.0 Å². The molecule has 11 heteroatoms. The average Bonchev–Trinajstić information content (AvgIpc) is 2.89. The van der Waals surface area contributed by atoms with Crippen LogP contribution in [0.5, 0.6) is 0 Å². The first-order valence-corrected chi connectivity index (χ1v) is 5.86. The van der Waals surface area contributed by atoms with Gasteiger partial charge in [-0.2, -0.15) is 9.98 Å². The van der Waals surface area contributed by atoms with Gasteiger partial charge in [-0.3, -0.25) is 15.5 Å². The van der Waals surface area contributed by atoms with Gasteiger partial charge in [-0.25, -0.2) is 9.69 Å². The minimum atomic E-state index is -0.931. The van der Waals surface area contributed by atoms with E-state index in [-0.39, 0.29) is 23.4 Å². The van der Waals surface area contributed by atoms with Crippen LogP contribution < -0.4 is 5.32 Å². The number of guanidine groups is 1. The Kier molecular flexibility index (Phi) is 3.82. The van der Waals surface area contributed by atoms with Crippen molar-refractivity contribution in [3.05, 3.63) is 0 Å². The van der Waals surface area contributed by atoms with Crippen LogP contribution in [0.3, 0.4) is 0 Å². The Morgan fingerprint density at radius 1 is 1.43 bits per heavy atom. The fraction of sp³-hybridized carbons (Fsp3) is 0.500. The van der Waals surface area contributed by atoms with Crippen molar-refractivity contribution in [3.8, 4) is 0 Å². The smallest absolute Gasteiger partial charge is 0.352 e. The molecule has 11 nitrogen and oxygen atoms in total. The third-order valence-electron chi connectivity index (χ3n) is 3.19. The molecule has 0 bridgehead atoms. The van der Waals surface area contributed by atoms with Crippen molar-refractivity contribution in [2.75, 3.05) is 6.61 Å². The summed E-state index contributed by atoms with van der Waals surface area (Å²) in [5.41, 5.74) is -0.184. The molecule has 0 radical (unpaired) electrons. The summed E-state index contributed by atoms with van der Waals surface area (Å²) in [5.74, 6) is -1.16. The first kappa shape index (κ1) is 15.2. The van der Waals surface area contributed by atoms with E-state index in [1.165, 1.54) is 0 Å². The van der Waals surface area contributed by atoms with E-state index in [0.29, 0.717) is 0 Å². The van der Waals surface area contributed by atoms with Gasteiger partial charge in [0.2, 0.25) is 5.96 Å². The highest BCUT2D eigenvalue weighted by Crippen LogP contribution is 2.27. The van der Waals surface area contributed by atoms with Gasteiger partial charge >= 0.3 is 6.03 Å². The van der Waals surface area contributed by atoms with Gasteiger partial charge in [0.05, 0.1) is 12.7 Å². The van der Waals surface area contributed by atoms with E-state index in [0.717, 1.165) is 4.90 Å². The summed E-state index contributed by atoms with van der Waals surface area (Å²) in [7, 11) is 0. The molecule has 0 aromatic rings. The second kappa shape index (κ2) is 5.29. The largest absolute Gasteiger partial charge is 0.412 e. The lowest BCUT2D eigenvalue weighted by atomic mass is 10.2. The Morgan fingerprint density at radius 3 is 2.76 bits per heavy atom. The predicted octanol–water partition coefficient (Wildman–Crippen LogP) is -3.03. The third-order valence-corrected chi connectivity index (χ3v) is 3.19. The number of aliphatic hydroxyl groups excluding tert-OH is 2. The second-order valence-electron chi connectivity index (χ2n) is 4.47. The first-order chi connectivity index (χ1) is 9.51. The summed E-state index contributed by atoms with van der Waals surface area (Å²) >= 11 is 0. The van der Waals surface area contributed by atoms with Crippen LogP contribution in [0.15, 0.2) is 9.98 Å². The normalized spacial score (nSPS) is 31.4. The molecule has 3 aliphatic rings. The van der Waals surface area contributed by atoms with Crippen LogP contribution in [-0.4, -0.2) is 75.1 Å². The third kappa shape index (κ3) is 2.31. The van der Waals surface area contributed by atoms with Crippen molar-refractivity contribution in [1.82, 2.24) is 10.2 Å². The Balaban J connectivity index is 0.00000161. The molecule has 3 amide bonds. The Morgan fingerprint density at radius 2 is 2.14 bits per heavy atom. The number of fused-ring (bicyclic) bond motifs is 1. The minimum absolute atomic E-state index is 0. The molecule has 0 saturated carbocycles. The van der Waals surface area contributed by atoms with Gasteiger partial charge < -0.3 is 20.4 Å². The zero-order valence-corrected chi connectivity index (χ0v) is 10.6. The summed E-state index contributed by atoms with van der Waals surface area (Å²) in [5, 5.41) is 28.2. The summed E-state index contributed by atoms with van der Waals surface area (Å²) < 4.78 is 5.35. The highest BCUT2D eigenvalue weighted by atomic mass is 16.5. The fourth-order valence-electron chi connectivity index (χ4n) is 2.26. The number of aliphatic hydroxyl groups is 2. The van der Waals surface area contributed by atoms with Crippen molar-refractivity contribution >= 4 is 29.4 Å². The molecule has 114 valence electrons. The molecule has 3 heterocycles. The van der Waals surface area contributed by atoms with E-state index in [4.69, 9.17) is 15.3 Å². The lowest BCUT2D eigenvalue weighted by Gasteiger charge is -2.24. The molecule has 0 aromatic carbocycles. The maximum Gasteiger partial charge on any atom is 0.352 e. The van der Waals surface area contributed by atoms with E-state index in [9.17, 15) is 14.7 Å². The van der Waals surface area contributed by atoms with Gasteiger partial charge in [0.25, 0.3) is 5.91 Å². The Hall–Kier alpha value is -2.21. The molecule has 0 unspecified atom stereocenters. The summed E-state index contributed by atoms with van der Waals surface area (Å²) in [6, 6.07) is -0.751. The van der Waals surface area contributed by atoms with Gasteiger partial charge in [0, 0.05) is 6.42 Å². The molecule has 0 aliphatic carbocycles. The van der Waals surface area contributed by atoms with Crippen LogP contribution in [-0.2, 0) is 9.53 Å². The summed E-state index contributed by atoms with van der Waals surface area (Å²) in [6.07, 6.45) is -2.56. The van der Waals surface area contributed by atoms with E-state index < -0.39 is 42.9 Å². The molecule has 3 aliphatic heterocycles. The Labute approximate surface area is 117 Å². The van der Waals surface area contributed by atoms with Gasteiger partial charge in [0.15, 0.2) is 11.5 Å². The predicted molar refractivity (Wildman–Crippen MR) is 68.0 cm³/mol. The molecule has 3 atom stereocenters. The number of nitrogens with one attached hydrogen (secondary N) is 2. The molecule has 1 fully saturated rings. The first-order valence-electron chi connectivity index (χ1n) is 5.86. The summed E-state index contributed by atoms with van der Waals surface area (Å²) in [4.78, 5) is 31.8. The number of carbonyl (C=O) groups is 2. The molecule has 6 N–H and O–H groups in total. The number of hydrogen-bond acceptors (Lipinski definition) is 6. The van der Waals surface area contributed by atoms with Gasteiger partial charge in [-0.1, -0.05) is 0 Å². The number of amidine groups is 1. The number of rotatable bonds is 2. The number of ether oxygens (including phenoxy) is 1. The summed E-state index contributed by atoms with van der Waals surface area (Å²) in [6.45, 7) is -0.393. The number of aliphatic imine (C=N–C) groups is 2. The van der Waals surface area contributed by atoms with Crippen LogP contribution in [0, 0.1) is 5.41 Å². The van der Waals surface area contributed by atoms with Crippen molar-refractivity contribution in [2.45, 2.75) is 24.9 Å². The van der Waals surface area contributed by atoms with Gasteiger partial charge in [-0.15, -0.1) is 0 Å². The van der Waals surface area contributed by atoms with E-state index >= 15 is 0 Å². The number of hydrogen-bond donors (Lipinski definition) is 4. The quantitative estimate of drug-likeness (QED) is 0.422. The number of carbonyl (C=O) groups excluding carboxylic acids is 2. The fourth-order valence-corrected chi connectivity index (χ4v) is 2.26. The highest BCUT2D eigenvalue weighted by molar-refractivity contribution is 6.72. The number of nitrogens with zero attached hydrogens (tertiary/aromatic N) is 3. The molecule has 3 rings (SSSR count). The molecule has 1 saturated heterocycles. The molecule has 0 aromatic heterocycles. The molecular weight excluding hydrogens is 286 g/mol. The minimum Gasteiger partial charge on any atom is -0.412 e. The van der Waals surface area contributed by atoms with Crippen LogP contribution >= 0.6 is 0 Å². The number of amides is 3. The second-order valence-corrected chi connectivity index (χ2v) is 4.47. The standard InChI is InChI=1S/C10H11N5O5.H2O/c11-9-13-7-6(8(18)14-9)12-10(19)15(7)5-1-3(17)4(2-16)20-5;/h3-5,16-17H,1-2H2,(H2,11,14,18);1H2/t3-,4+,5+;/m0./s1. The molecular formula is C10H13N5O6. The molecule has 0 spiro atoms. The average molecular weight is 299 g/mol. The van der Waals surface area contributed by atoms with Crippen LogP contribution in [0.1, 0.15) is 6.42 Å². The highest BCUT2D eigenvalue weighted by Gasteiger charge is 2.47. The van der Waals surface area contributed by atoms with Crippen LogP contribution in [0.25, 0.3) is 0 Å². The van der Waals surface area contributed by atoms with Gasteiger partial charge in [-0.05, 0) is 0 Å². The monoisotopic (exact) mass is 299 g/mol. The zero-order valence-electron chi connectivity index (χ0n) is 10.6. The van der Waals surface area contributed by atoms with E-state index in [2.05, 4.69) is 15.3 Å². The van der Waals surface area contributed by atoms with E-state index in [1.807, 2.05) is 0 Å². The number of urea groups is 1. The maximum absolute atomic E-state index is 11.9. The van der Waals surface area contributed by atoms with Gasteiger partial charge in [0.1, 0.15) is 12.3 Å². The maximum atomic E-state index is 11.9. The molecule has 21 heavy (non-hydrogen) atoms. The van der Waals surface area contributed by atoms with Crippen LogP contribution in [0.2, 0.25) is 0 Å². The van der Waals surface area contributed by atoms with Crippen molar-refractivity contribution in [2.24, 2.45) is 9.98 Å². The lowest BCUT2D eigenvalue weighted by molar-refractivity contribution is -0.113. The van der Waals surface area contributed by atoms with Crippen molar-refractivity contribution in [1.29, 1.82) is 5.41 Å². The topological polar surface area (TPSA) is 179 Å². The van der Waals surface area contributed by atoms with Crippen molar-refractivity contribution in [3.63, 3.8) is 0 Å². The van der Waals surface area contributed by atoms with E-state index in [1.54, 1.807) is 0 Å². The van der Waals surface area contributed by atoms with Crippen LogP contribution in [0.4, 0.5) is 4.79 Å².